The van der Waals surface area contributed by atoms with Gasteiger partial charge in [0.1, 0.15) is 4.83 Å². The Hall–Kier alpha value is -1.60. The Kier molecular flexibility index (Phi) is 6.16. The molecule has 154 valence electrons. The van der Waals surface area contributed by atoms with Gasteiger partial charge in [-0.1, -0.05) is 36.2 Å². The summed E-state index contributed by atoms with van der Waals surface area (Å²) in [6, 6.07) is 7.69. The number of fused-ring (bicyclic) bond motifs is 1. The smallest absolute Gasteiger partial charge is 0.261 e. The molecule has 3 heterocycles. The summed E-state index contributed by atoms with van der Waals surface area (Å²) in [4.78, 5) is 17.0. The van der Waals surface area contributed by atoms with Crippen LogP contribution < -0.4 is 5.32 Å². The van der Waals surface area contributed by atoms with Crippen LogP contribution in [0, 0.1) is 6.92 Å². The summed E-state index contributed by atoms with van der Waals surface area (Å²) >= 11 is 13.8. The molecule has 1 aliphatic heterocycles. The maximum absolute atomic E-state index is 12.8. The monoisotopic (exact) mass is 450 g/mol. The lowest BCUT2D eigenvalue weighted by Gasteiger charge is -2.31. The lowest BCUT2D eigenvalue weighted by Crippen LogP contribution is -2.44. The molecule has 8 heteroatoms. The van der Waals surface area contributed by atoms with Crippen molar-refractivity contribution in [1.82, 2.24) is 20.0 Å². The van der Waals surface area contributed by atoms with Gasteiger partial charge in [-0.05, 0) is 50.1 Å². The van der Waals surface area contributed by atoms with Crippen LogP contribution in [-0.4, -0.2) is 46.3 Å². The molecular weight excluding hydrogens is 427 g/mol. The molecule has 1 saturated heterocycles. The Morgan fingerprint density at radius 2 is 2.03 bits per heavy atom. The Balaban J connectivity index is 1.52. The van der Waals surface area contributed by atoms with Crippen molar-refractivity contribution >= 4 is 50.7 Å². The van der Waals surface area contributed by atoms with E-state index in [2.05, 4.69) is 22.2 Å². The normalized spacial score (nSPS) is 15.9. The molecule has 0 radical (unpaired) electrons. The van der Waals surface area contributed by atoms with Crippen molar-refractivity contribution < 1.29 is 4.79 Å². The Morgan fingerprint density at radius 3 is 2.72 bits per heavy atom. The highest BCUT2D eigenvalue weighted by atomic mass is 35.5. The van der Waals surface area contributed by atoms with Crippen molar-refractivity contribution in [2.75, 3.05) is 19.6 Å². The van der Waals surface area contributed by atoms with E-state index >= 15 is 0 Å². The first kappa shape index (κ1) is 20.7. The maximum atomic E-state index is 12.8. The number of amides is 1. The van der Waals surface area contributed by atoms with Crippen molar-refractivity contribution in [2.45, 2.75) is 39.3 Å². The van der Waals surface area contributed by atoms with E-state index < -0.39 is 0 Å². The lowest BCUT2D eigenvalue weighted by molar-refractivity contribution is 0.0917. The van der Waals surface area contributed by atoms with E-state index in [1.54, 1.807) is 6.07 Å². The largest absolute Gasteiger partial charge is 0.349 e. The standard InChI is InChI=1S/C21H24Cl2N4OS/c1-3-26-8-6-16(7-9-26)24-20(28)19-11-17-13(2)25-27(21(17)29-19)12-14-4-5-15(22)10-18(14)23/h4-5,10-11,16H,3,6-9,12H2,1-2H3,(H,24,28). The van der Waals surface area contributed by atoms with Crippen LogP contribution in [0.3, 0.4) is 0 Å². The first-order valence-corrected chi connectivity index (χ1v) is 11.5. The third kappa shape index (κ3) is 4.45. The fraction of sp³-hybridized carbons (Fsp3) is 0.429. The van der Waals surface area contributed by atoms with Gasteiger partial charge in [-0.2, -0.15) is 5.10 Å². The quantitative estimate of drug-likeness (QED) is 0.596. The van der Waals surface area contributed by atoms with E-state index in [9.17, 15) is 4.79 Å². The van der Waals surface area contributed by atoms with Crippen molar-refractivity contribution in [2.24, 2.45) is 0 Å². The highest BCUT2D eigenvalue weighted by Gasteiger charge is 2.22. The summed E-state index contributed by atoms with van der Waals surface area (Å²) < 4.78 is 1.92. The van der Waals surface area contributed by atoms with E-state index in [1.165, 1.54) is 11.3 Å². The summed E-state index contributed by atoms with van der Waals surface area (Å²) in [7, 11) is 0. The predicted molar refractivity (Wildman–Crippen MR) is 121 cm³/mol. The molecule has 1 aliphatic rings. The number of halogens is 2. The fourth-order valence-corrected chi connectivity index (χ4v) is 5.33. The fourth-order valence-electron chi connectivity index (χ4n) is 3.79. The summed E-state index contributed by atoms with van der Waals surface area (Å²) in [5.74, 6) is 0.0108. The van der Waals surface area contributed by atoms with Gasteiger partial charge in [-0.25, -0.2) is 0 Å². The Labute approximate surface area is 184 Å². The predicted octanol–water partition coefficient (Wildman–Crippen LogP) is 4.98. The van der Waals surface area contributed by atoms with E-state index in [0.717, 1.165) is 58.8 Å². The van der Waals surface area contributed by atoms with Gasteiger partial charge in [0.2, 0.25) is 0 Å². The average Bonchev–Trinajstić information content (AvgIpc) is 3.26. The minimum atomic E-state index is 0.0108. The number of likely N-dealkylation sites (tertiary alicyclic amines) is 1. The second-order valence-electron chi connectivity index (χ2n) is 7.49. The molecule has 5 nitrogen and oxygen atoms in total. The van der Waals surface area contributed by atoms with Crippen molar-refractivity contribution in [3.8, 4) is 0 Å². The molecule has 1 N–H and O–H groups in total. The summed E-state index contributed by atoms with van der Waals surface area (Å²) in [5, 5.41) is 10.1. The molecule has 1 amide bonds. The van der Waals surface area contributed by atoms with Crippen LogP contribution in [0.15, 0.2) is 24.3 Å². The molecule has 0 atom stereocenters. The third-order valence-corrected chi connectivity index (χ3v) is 7.27. The average molecular weight is 451 g/mol. The van der Waals surface area contributed by atoms with Gasteiger partial charge in [0, 0.05) is 34.6 Å². The van der Waals surface area contributed by atoms with Gasteiger partial charge in [0.25, 0.3) is 5.91 Å². The number of nitrogens with one attached hydrogen (secondary N) is 1. The zero-order valence-corrected chi connectivity index (χ0v) is 18.9. The molecule has 0 spiro atoms. The first-order valence-electron chi connectivity index (χ1n) is 9.88. The lowest BCUT2D eigenvalue weighted by atomic mass is 10.1. The molecule has 0 saturated carbocycles. The number of aryl methyl sites for hydroxylation is 1. The van der Waals surface area contributed by atoms with Gasteiger partial charge < -0.3 is 10.2 Å². The van der Waals surface area contributed by atoms with Crippen molar-refractivity contribution in [3.05, 3.63) is 50.4 Å². The van der Waals surface area contributed by atoms with Crippen LogP contribution in [-0.2, 0) is 6.54 Å². The molecule has 0 bridgehead atoms. The summed E-state index contributed by atoms with van der Waals surface area (Å²) in [6.07, 6.45) is 2.01. The van der Waals surface area contributed by atoms with Gasteiger partial charge in [0.05, 0.1) is 17.1 Å². The van der Waals surface area contributed by atoms with Crippen LogP contribution >= 0.6 is 34.5 Å². The first-order chi connectivity index (χ1) is 13.9. The zero-order valence-electron chi connectivity index (χ0n) is 16.5. The summed E-state index contributed by atoms with van der Waals surface area (Å²) in [6.45, 7) is 7.85. The SMILES string of the molecule is CCN1CCC(NC(=O)c2cc3c(C)nn(Cc4ccc(Cl)cc4Cl)c3s2)CC1. The number of nitrogens with zero attached hydrogens (tertiary/aromatic N) is 3. The molecular formula is C21H24Cl2N4OS. The van der Waals surface area contributed by atoms with Crippen LogP contribution in [0.1, 0.15) is 40.7 Å². The number of rotatable bonds is 5. The van der Waals surface area contributed by atoms with Crippen LogP contribution in [0.2, 0.25) is 10.0 Å². The van der Waals surface area contributed by atoms with Gasteiger partial charge in [0.15, 0.2) is 0 Å². The number of thiophene rings is 1. The number of hydrogen-bond acceptors (Lipinski definition) is 4. The van der Waals surface area contributed by atoms with Gasteiger partial charge in [-0.15, -0.1) is 11.3 Å². The topological polar surface area (TPSA) is 50.2 Å². The Bertz CT molecular complexity index is 1040. The molecule has 0 aliphatic carbocycles. The van der Waals surface area contributed by atoms with E-state index in [-0.39, 0.29) is 11.9 Å². The second kappa shape index (κ2) is 8.64. The van der Waals surface area contributed by atoms with E-state index in [4.69, 9.17) is 23.2 Å². The Morgan fingerprint density at radius 1 is 1.28 bits per heavy atom. The van der Waals surface area contributed by atoms with Crippen molar-refractivity contribution in [3.63, 3.8) is 0 Å². The molecule has 3 aromatic rings. The number of benzene rings is 1. The maximum Gasteiger partial charge on any atom is 0.261 e. The molecule has 1 fully saturated rings. The van der Waals surface area contributed by atoms with Crippen LogP contribution in [0.4, 0.5) is 0 Å². The zero-order chi connectivity index (χ0) is 20.5. The molecule has 0 unspecified atom stereocenters. The van der Waals surface area contributed by atoms with Gasteiger partial charge >= 0.3 is 0 Å². The molecule has 4 rings (SSSR count). The number of carbonyl (C=O) groups excluding carboxylic acids is 1. The molecule has 1 aromatic carbocycles. The molecule has 2 aromatic heterocycles. The third-order valence-electron chi connectivity index (χ3n) is 5.54. The van der Waals surface area contributed by atoms with Crippen molar-refractivity contribution in [1.29, 1.82) is 0 Å². The molecule has 29 heavy (non-hydrogen) atoms. The summed E-state index contributed by atoms with van der Waals surface area (Å²) in [5.41, 5.74) is 1.86. The van der Waals surface area contributed by atoms with E-state index in [0.29, 0.717) is 16.6 Å². The minimum Gasteiger partial charge on any atom is -0.349 e. The minimum absolute atomic E-state index is 0.0108. The van der Waals surface area contributed by atoms with Gasteiger partial charge in [-0.3, -0.25) is 9.48 Å². The number of hydrogen-bond donors (Lipinski definition) is 1. The second-order valence-corrected chi connectivity index (χ2v) is 9.36. The van der Waals surface area contributed by atoms with Crippen LogP contribution in [0.25, 0.3) is 10.2 Å². The highest BCUT2D eigenvalue weighted by molar-refractivity contribution is 7.20. The van der Waals surface area contributed by atoms with E-state index in [1.807, 2.05) is 29.8 Å². The number of aromatic nitrogens is 2. The highest BCUT2D eigenvalue weighted by Crippen LogP contribution is 2.30. The van der Waals surface area contributed by atoms with Crippen LogP contribution in [0.5, 0.6) is 0 Å². The number of piperidine rings is 1. The number of carbonyl (C=O) groups is 1.